The lowest BCUT2D eigenvalue weighted by atomic mass is 10.4. The SMILES string of the molecule is CCC(C)[Si](C)(N(C)C)N(C)C. The maximum absolute atomic E-state index is 2.43. The lowest BCUT2D eigenvalue weighted by Crippen LogP contribution is -2.60. The Hall–Kier alpha value is 0.137. The molecule has 0 aromatic rings. The highest BCUT2D eigenvalue weighted by atomic mass is 28.3. The Labute approximate surface area is 78.7 Å². The molecule has 2 nitrogen and oxygen atoms in total. The molecule has 0 spiro atoms. The highest BCUT2D eigenvalue weighted by molar-refractivity contribution is 6.74. The van der Waals surface area contributed by atoms with Crippen molar-refractivity contribution in [2.45, 2.75) is 32.4 Å². The van der Waals surface area contributed by atoms with Crippen molar-refractivity contribution in [3.05, 3.63) is 0 Å². The summed E-state index contributed by atoms with van der Waals surface area (Å²) in [6.45, 7) is 7.08. The van der Waals surface area contributed by atoms with Crippen molar-refractivity contribution in [2.75, 3.05) is 28.2 Å². The van der Waals surface area contributed by atoms with Gasteiger partial charge in [-0.1, -0.05) is 20.3 Å². The first-order valence-electron chi connectivity index (χ1n) is 4.72. The van der Waals surface area contributed by atoms with E-state index in [2.05, 4.69) is 57.7 Å². The first kappa shape index (κ1) is 12.1. The van der Waals surface area contributed by atoms with Crippen molar-refractivity contribution in [3.63, 3.8) is 0 Å². The molecule has 0 aromatic carbocycles. The fraction of sp³-hybridized carbons (Fsp3) is 1.00. The van der Waals surface area contributed by atoms with Gasteiger partial charge in [0, 0.05) is 0 Å². The average Bonchev–Trinajstić information content (AvgIpc) is 2.00. The summed E-state index contributed by atoms with van der Waals surface area (Å²) in [5.74, 6) is 0. The van der Waals surface area contributed by atoms with Gasteiger partial charge in [0.25, 0.3) is 0 Å². The standard InChI is InChI=1S/C9H24N2Si/c1-8-9(2)12(7,10(3)4)11(5)6/h9H,8H2,1-7H3. The van der Waals surface area contributed by atoms with Gasteiger partial charge in [0.15, 0.2) is 0 Å². The Balaban J connectivity index is 4.61. The molecule has 1 atom stereocenters. The summed E-state index contributed by atoms with van der Waals surface area (Å²) < 4.78 is 4.86. The van der Waals surface area contributed by atoms with E-state index < -0.39 is 8.40 Å². The molecule has 0 saturated carbocycles. The van der Waals surface area contributed by atoms with Crippen LogP contribution in [-0.4, -0.2) is 45.7 Å². The topological polar surface area (TPSA) is 6.48 Å². The second-order valence-electron chi connectivity index (χ2n) is 4.19. The summed E-state index contributed by atoms with van der Waals surface area (Å²) in [5.41, 5.74) is 0.822. The molecule has 0 bridgehead atoms. The molecule has 0 aromatic heterocycles. The molecule has 0 N–H and O–H groups in total. The Morgan fingerprint density at radius 2 is 1.42 bits per heavy atom. The van der Waals surface area contributed by atoms with Gasteiger partial charge in [-0.25, -0.2) is 0 Å². The maximum Gasteiger partial charge on any atom is 0.205 e. The Kier molecular flexibility index (Phi) is 4.44. The van der Waals surface area contributed by atoms with Crippen molar-refractivity contribution in [1.82, 2.24) is 9.13 Å². The van der Waals surface area contributed by atoms with Gasteiger partial charge in [0.1, 0.15) is 0 Å². The van der Waals surface area contributed by atoms with E-state index in [1.54, 1.807) is 0 Å². The number of nitrogens with zero attached hydrogens (tertiary/aromatic N) is 2. The van der Waals surface area contributed by atoms with Gasteiger partial charge < -0.3 is 9.13 Å². The first-order valence-corrected chi connectivity index (χ1v) is 7.19. The van der Waals surface area contributed by atoms with Crippen LogP contribution < -0.4 is 0 Å². The normalized spacial score (nSPS) is 15.8. The van der Waals surface area contributed by atoms with E-state index in [1.165, 1.54) is 6.42 Å². The van der Waals surface area contributed by atoms with Gasteiger partial charge >= 0.3 is 0 Å². The van der Waals surface area contributed by atoms with E-state index in [9.17, 15) is 0 Å². The van der Waals surface area contributed by atoms with Crippen molar-refractivity contribution in [2.24, 2.45) is 0 Å². The van der Waals surface area contributed by atoms with Gasteiger partial charge in [-0.2, -0.15) is 0 Å². The third-order valence-corrected chi connectivity index (χ3v) is 9.25. The Morgan fingerprint density at radius 3 is 1.50 bits per heavy atom. The van der Waals surface area contributed by atoms with Gasteiger partial charge in [-0.3, -0.25) is 0 Å². The molecule has 0 fully saturated rings. The molecular formula is C9H24N2Si. The van der Waals surface area contributed by atoms with E-state index in [0.29, 0.717) is 0 Å². The maximum atomic E-state index is 2.43. The first-order chi connectivity index (χ1) is 5.37. The summed E-state index contributed by atoms with van der Waals surface area (Å²) in [6.07, 6.45) is 1.28. The van der Waals surface area contributed by atoms with Crippen LogP contribution in [0.1, 0.15) is 20.3 Å². The van der Waals surface area contributed by atoms with E-state index in [-0.39, 0.29) is 0 Å². The minimum absolute atomic E-state index is 0.822. The lowest BCUT2D eigenvalue weighted by Gasteiger charge is -2.43. The van der Waals surface area contributed by atoms with Crippen molar-refractivity contribution in [1.29, 1.82) is 0 Å². The molecule has 1 unspecified atom stereocenters. The third-order valence-electron chi connectivity index (χ3n) is 3.36. The summed E-state index contributed by atoms with van der Waals surface area (Å²) in [6, 6.07) is 0. The summed E-state index contributed by atoms with van der Waals surface area (Å²) >= 11 is 0. The highest BCUT2D eigenvalue weighted by Gasteiger charge is 2.38. The third kappa shape index (κ3) is 2.09. The second-order valence-corrected chi connectivity index (χ2v) is 9.15. The summed E-state index contributed by atoms with van der Waals surface area (Å²) in [7, 11) is 7.49. The van der Waals surface area contributed by atoms with E-state index in [4.69, 9.17) is 0 Å². The predicted molar refractivity (Wildman–Crippen MR) is 58.7 cm³/mol. The largest absolute Gasteiger partial charge is 0.317 e. The van der Waals surface area contributed by atoms with Crippen LogP contribution in [0.2, 0.25) is 12.1 Å². The van der Waals surface area contributed by atoms with Crippen LogP contribution in [0.25, 0.3) is 0 Å². The molecule has 0 aliphatic carbocycles. The van der Waals surface area contributed by atoms with Gasteiger partial charge in [0.2, 0.25) is 8.40 Å². The lowest BCUT2D eigenvalue weighted by molar-refractivity contribution is 0.460. The van der Waals surface area contributed by atoms with Crippen molar-refractivity contribution < 1.29 is 0 Å². The minimum Gasteiger partial charge on any atom is -0.317 e. The zero-order chi connectivity index (χ0) is 9.94. The molecule has 0 aliphatic heterocycles. The number of hydrogen-bond acceptors (Lipinski definition) is 2. The number of rotatable bonds is 4. The van der Waals surface area contributed by atoms with Gasteiger partial charge in [-0.05, 0) is 40.3 Å². The monoisotopic (exact) mass is 188 g/mol. The van der Waals surface area contributed by atoms with Crippen molar-refractivity contribution >= 4 is 8.40 Å². The highest BCUT2D eigenvalue weighted by Crippen LogP contribution is 2.27. The molecule has 12 heavy (non-hydrogen) atoms. The molecule has 0 heterocycles. The summed E-state index contributed by atoms with van der Waals surface area (Å²) in [5, 5.41) is 0. The van der Waals surface area contributed by atoms with Crippen LogP contribution >= 0.6 is 0 Å². The van der Waals surface area contributed by atoms with Crippen LogP contribution in [0.5, 0.6) is 0 Å². The zero-order valence-electron chi connectivity index (χ0n) is 9.68. The smallest absolute Gasteiger partial charge is 0.205 e. The fourth-order valence-electron chi connectivity index (χ4n) is 1.67. The second kappa shape index (κ2) is 4.39. The molecule has 3 heteroatoms. The molecule has 0 amide bonds. The quantitative estimate of drug-likeness (QED) is 0.623. The van der Waals surface area contributed by atoms with Crippen LogP contribution in [0.15, 0.2) is 0 Å². The molecule has 74 valence electrons. The number of hydrogen-bond donors (Lipinski definition) is 0. The fourth-order valence-corrected chi connectivity index (χ4v) is 5.00. The van der Waals surface area contributed by atoms with E-state index in [0.717, 1.165) is 5.54 Å². The van der Waals surface area contributed by atoms with Crippen LogP contribution in [-0.2, 0) is 0 Å². The molecule has 0 saturated heterocycles. The van der Waals surface area contributed by atoms with E-state index >= 15 is 0 Å². The van der Waals surface area contributed by atoms with Crippen LogP contribution in [0, 0.1) is 0 Å². The average molecular weight is 188 g/mol. The molecule has 0 aliphatic rings. The van der Waals surface area contributed by atoms with Crippen molar-refractivity contribution in [3.8, 4) is 0 Å². The minimum atomic E-state index is -1.34. The Bertz CT molecular complexity index is 126. The van der Waals surface area contributed by atoms with Gasteiger partial charge in [-0.15, -0.1) is 0 Å². The van der Waals surface area contributed by atoms with Crippen LogP contribution in [0.4, 0.5) is 0 Å². The summed E-state index contributed by atoms with van der Waals surface area (Å²) in [4.78, 5) is 0. The zero-order valence-corrected chi connectivity index (χ0v) is 10.7. The molecule has 0 rings (SSSR count). The Morgan fingerprint density at radius 1 is 1.08 bits per heavy atom. The van der Waals surface area contributed by atoms with Crippen LogP contribution in [0.3, 0.4) is 0 Å². The predicted octanol–water partition coefficient (Wildman–Crippen LogP) is 1.98. The van der Waals surface area contributed by atoms with Gasteiger partial charge in [0.05, 0.1) is 0 Å². The molecule has 0 radical (unpaired) electrons. The molecular weight excluding hydrogens is 164 g/mol. The van der Waals surface area contributed by atoms with E-state index in [1.807, 2.05) is 0 Å².